The lowest BCUT2D eigenvalue weighted by Crippen LogP contribution is -2.41. The molecule has 0 fully saturated rings. The van der Waals surface area contributed by atoms with E-state index >= 15 is 0 Å². The van der Waals surface area contributed by atoms with Crippen molar-refractivity contribution in [3.63, 3.8) is 0 Å². The Morgan fingerprint density at radius 2 is 2.05 bits per heavy atom. The molecule has 1 aromatic rings. The number of methoxy groups -OCH3 is 1. The molecule has 106 valence electrons. The van der Waals surface area contributed by atoms with Gasteiger partial charge in [-0.05, 0) is 31.7 Å². The van der Waals surface area contributed by atoms with Crippen LogP contribution in [0.15, 0.2) is 24.3 Å². The molecule has 1 unspecified atom stereocenters. The van der Waals surface area contributed by atoms with Crippen LogP contribution in [0, 0.1) is 0 Å². The summed E-state index contributed by atoms with van der Waals surface area (Å²) in [6.07, 6.45) is 0. The Bertz CT molecular complexity index is 392. The van der Waals surface area contributed by atoms with Crippen LogP contribution in [0.3, 0.4) is 0 Å². The molecule has 1 amide bonds. The first kappa shape index (κ1) is 15.6. The van der Waals surface area contributed by atoms with Gasteiger partial charge in [-0.1, -0.05) is 12.1 Å². The minimum Gasteiger partial charge on any atom is -0.383 e. The van der Waals surface area contributed by atoms with Crippen molar-refractivity contribution in [2.24, 2.45) is 5.73 Å². The van der Waals surface area contributed by atoms with Crippen molar-refractivity contribution >= 4 is 11.6 Å². The van der Waals surface area contributed by atoms with Crippen molar-refractivity contribution in [2.45, 2.75) is 19.5 Å². The molecule has 1 atom stereocenters. The van der Waals surface area contributed by atoms with E-state index in [2.05, 4.69) is 5.32 Å². The molecule has 0 radical (unpaired) electrons. The third kappa shape index (κ3) is 4.98. The summed E-state index contributed by atoms with van der Waals surface area (Å²) in [5, 5.41) is 2.89. The largest absolute Gasteiger partial charge is 0.383 e. The van der Waals surface area contributed by atoms with E-state index in [1.54, 1.807) is 7.11 Å². The van der Waals surface area contributed by atoms with E-state index < -0.39 is 0 Å². The van der Waals surface area contributed by atoms with E-state index in [-0.39, 0.29) is 11.9 Å². The summed E-state index contributed by atoms with van der Waals surface area (Å²) in [5.41, 5.74) is 7.36. The molecule has 0 aliphatic heterocycles. The normalized spacial score (nSPS) is 12.5. The van der Waals surface area contributed by atoms with Gasteiger partial charge in [0, 0.05) is 25.9 Å². The Balaban J connectivity index is 2.52. The lowest BCUT2D eigenvalue weighted by atomic mass is 10.2. The van der Waals surface area contributed by atoms with Crippen molar-refractivity contribution in [3.8, 4) is 0 Å². The second-order valence-corrected chi connectivity index (χ2v) is 4.54. The standard InChI is InChI=1S/C14H23N3O2/c1-11(17(2)8-9-19-3)14(18)16-13-6-4-12(10-15)5-7-13/h4-7,11H,8-10,15H2,1-3H3,(H,16,18). The van der Waals surface area contributed by atoms with Gasteiger partial charge in [0.2, 0.25) is 5.91 Å². The maximum atomic E-state index is 12.1. The van der Waals surface area contributed by atoms with Gasteiger partial charge in [-0.2, -0.15) is 0 Å². The summed E-state index contributed by atoms with van der Waals surface area (Å²) in [5.74, 6) is -0.0286. The van der Waals surface area contributed by atoms with Crippen molar-refractivity contribution in [3.05, 3.63) is 29.8 Å². The van der Waals surface area contributed by atoms with E-state index in [0.717, 1.165) is 17.8 Å². The molecule has 0 bridgehead atoms. The van der Waals surface area contributed by atoms with Gasteiger partial charge in [0.15, 0.2) is 0 Å². The zero-order chi connectivity index (χ0) is 14.3. The lowest BCUT2D eigenvalue weighted by Gasteiger charge is -2.23. The molecule has 0 saturated carbocycles. The number of nitrogens with one attached hydrogen (secondary N) is 1. The molecule has 0 saturated heterocycles. The number of hydrogen-bond acceptors (Lipinski definition) is 4. The first-order valence-corrected chi connectivity index (χ1v) is 6.37. The molecule has 0 spiro atoms. The molecule has 5 heteroatoms. The number of anilines is 1. The Kier molecular flexibility index (Phi) is 6.49. The van der Waals surface area contributed by atoms with E-state index in [1.165, 1.54) is 0 Å². The summed E-state index contributed by atoms with van der Waals surface area (Å²) in [6.45, 7) is 3.71. The molecule has 1 aromatic carbocycles. The maximum Gasteiger partial charge on any atom is 0.241 e. The van der Waals surface area contributed by atoms with Gasteiger partial charge in [-0.25, -0.2) is 0 Å². The number of hydrogen-bond donors (Lipinski definition) is 2. The number of carbonyl (C=O) groups is 1. The monoisotopic (exact) mass is 265 g/mol. The Hall–Kier alpha value is -1.43. The highest BCUT2D eigenvalue weighted by Crippen LogP contribution is 2.10. The van der Waals surface area contributed by atoms with E-state index in [9.17, 15) is 4.79 Å². The second-order valence-electron chi connectivity index (χ2n) is 4.54. The first-order chi connectivity index (χ1) is 9.08. The molecule has 0 aliphatic carbocycles. The first-order valence-electron chi connectivity index (χ1n) is 6.37. The highest BCUT2D eigenvalue weighted by Gasteiger charge is 2.17. The van der Waals surface area contributed by atoms with E-state index in [0.29, 0.717) is 13.2 Å². The van der Waals surface area contributed by atoms with Crippen LogP contribution < -0.4 is 11.1 Å². The van der Waals surface area contributed by atoms with Crippen molar-refractivity contribution < 1.29 is 9.53 Å². The van der Waals surface area contributed by atoms with Crippen LogP contribution in [-0.4, -0.2) is 44.2 Å². The molecular formula is C14H23N3O2. The average Bonchev–Trinajstić information content (AvgIpc) is 2.44. The molecule has 0 aliphatic rings. The zero-order valence-corrected chi connectivity index (χ0v) is 11.8. The van der Waals surface area contributed by atoms with Gasteiger partial charge < -0.3 is 15.8 Å². The number of ether oxygens (including phenoxy) is 1. The third-order valence-corrected chi connectivity index (χ3v) is 3.15. The number of benzene rings is 1. The smallest absolute Gasteiger partial charge is 0.241 e. The number of carbonyl (C=O) groups excluding carboxylic acids is 1. The molecule has 0 aromatic heterocycles. The van der Waals surface area contributed by atoms with E-state index in [1.807, 2.05) is 43.1 Å². The molecular weight excluding hydrogens is 242 g/mol. The SMILES string of the molecule is COCCN(C)C(C)C(=O)Nc1ccc(CN)cc1. The number of rotatable bonds is 7. The van der Waals surface area contributed by atoms with Gasteiger partial charge in [-0.15, -0.1) is 0 Å². The van der Waals surface area contributed by atoms with Gasteiger partial charge >= 0.3 is 0 Å². The Morgan fingerprint density at radius 1 is 1.42 bits per heavy atom. The topological polar surface area (TPSA) is 67.6 Å². The quantitative estimate of drug-likeness (QED) is 0.773. The lowest BCUT2D eigenvalue weighted by molar-refractivity contribution is -0.120. The van der Waals surface area contributed by atoms with Crippen molar-refractivity contribution in [1.29, 1.82) is 0 Å². The van der Waals surface area contributed by atoms with Gasteiger partial charge in [0.25, 0.3) is 0 Å². The van der Waals surface area contributed by atoms with Gasteiger partial charge in [-0.3, -0.25) is 9.69 Å². The summed E-state index contributed by atoms with van der Waals surface area (Å²) in [4.78, 5) is 14.0. The Morgan fingerprint density at radius 3 is 2.58 bits per heavy atom. The summed E-state index contributed by atoms with van der Waals surface area (Å²) in [7, 11) is 3.55. The fourth-order valence-electron chi connectivity index (χ4n) is 1.60. The van der Waals surface area contributed by atoms with Gasteiger partial charge in [0.05, 0.1) is 12.6 Å². The van der Waals surface area contributed by atoms with Crippen LogP contribution in [0.4, 0.5) is 5.69 Å². The molecule has 19 heavy (non-hydrogen) atoms. The van der Waals surface area contributed by atoms with E-state index in [4.69, 9.17) is 10.5 Å². The summed E-state index contributed by atoms with van der Waals surface area (Å²) < 4.78 is 5.00. The fourth-order valence-corrected chi connectivity index (χ4v) is 1.60. The highest BCUT2D eigenvalue weighted by molar-refractivity contribution is 5.94. The average molecular weight is 265 g/mol. The second kappa shape index (κ2) is 7.89. The summed E-state index contributed by atoms with van der Waals surface area (Å²) >= 11 is 0. The minimum atomic E-state index is -0.204. The number of likely N-dealkylation sites (N-methyl/N-ethyl adjacent to an activating group) is 1. The number of nitrogens with zero attached hydrogens (tertiary/aromatic N) is 1. The highest BCUT2D eigenvalue weighted by atomic mass is 16.5. The van der Waals surface area contributed by atoms with Crippen LogP contribution >= 0.6 is 0 Å². The van der Waals surface area contributed by atoms with Crippen LogP contribution in [0.5, 0.6) is 0 Å². The predicted octanol–water partition coefficient (Wildman–Crippen LogP) is 1.05. The van der Waals surface area contributed by atoms with Crippen LogP contribution in [0.2, 0.25) is 0 Å². The number of amides is 1. The van der Waals surface area contributed by atoms with Crippen LogP contribution in [0.1, 0.15) is 12.5 Å². The fraction of sp³-hybridized carbons (Fsp3) is 0.500. The molecule has 3 N–H and O–H groups in total. The molecule has 5 nitrogen and oxygen atoms in total. The molecule has 1 rings (SSSR count). The zero-order valence-electron chi connectivity index (χ0n) is 11.8. The Labute approximate surface area is 114 Å². The summed E-state index contributed by atoms with van der Waals surface area (Å²) in [6, 6.07) is 7.35. The third-order valence-electron chi connectivity index (χ3n) is 3.15. The van der Waals surface area contributed by atoms with Gasteiger partial charge in [0.1, 0.15) is 0 Å². The van der Waals surface area contributed by atoms with Crippen molar-refractivity contribution in [2.75, 3.05) is 32.6 Å². The molecule has 0 heterocycles. The number of nitrogens with two attached hydrogens (primary N) is 1. The maximum absolute atomic E-state index is 12.1. The van der Waals surface area contributed by atoms with Crippen molar-refractivity contribution in [1.82, 2.24) is 4.90 Å². The predicted molar refractivity (Wildman–Crippen MR) is 76.9 cm³/mol. The minimum absolute atomic E-state index is 0.0286. The van der Waals surface area contributed by atoms with Crippen LogP contribution in [0.25, 0.3) is 0 Å². The van der Waals surface area contributed by atoms with Crippen LogP contribution in [-0.2, 0) is 16.1 Å².